The summed E-state index contributed by atoms with van der Waals surface area (Å²) in [4.78, 5) is 26.5. The Balaban J connectivity index is 0.000000160. The van der Waals surface area contributed by atoms with Crippen molar-refractivity contribution in [2.24, 2.45) is 7.05 Å². The van der Waals surface area contributed by atoms with E-state index in [1.165, 1.54) is 54.8 Å². The predicted molar refractivity (Wildman–Crippen MR) is 244 cm³/mol. The molecule has 10 aromatic rings. The van der Waals surface area contributed by atoms with Crippen molar-refractivity contribution in [3.05, 3.63) is 135 Å². The van der Waals surface area contributed by atoms with Crippen molar-refractivity contribution in [1.82, 2.24) is 49.5 Å². The smallest absolute Gasteiger partial charge is 0.177 e. The average Bonchev–Trinajstić information content (AvgIpc) is 3.87. The van der Waals surface area contributed by atoms with Crippen LogP contribution in [0.1, 0.15) is 6.92 Å². The molecule has 6 aromatic heterocycles. The fraction of sp³-hybridized carbons (Fsp3) is 0.111. The number of pyridine rings is 2. The Morgan fingerprint density at radius 3 is 1.67 bits per heavy atom. The highest BCUT2D eigenvalue weighted by Crippen LogP contribution is 2.36. The summed E-state index contributed by atoms with van der Waals surface area (Å²) in [5, 5.41) is 15.8. The molecule has 0 aliphatic rings. The summed E-state index contributed by atoms with van der Waals surface area (Å²) < 4.78 is 52.7. The molecule has 0 radical (unpaired) electrons. The predicted octanol–water partition coefficient (Wildman–Crippen LogP) is 7.93. The van der Waals surface area contributed by atoms with Crippen LogP contribution in [0.2, 0.25) is 0 Å². The monoisotopic (exact) mass is 874 g/mol. The molecule has 0 aliphatic heterocycles. The van der Waals surface area contributed by atoms with Crippen LogP contribution >= 0.6 is 0 Å². The zero-order valence-electron chi connectivity index (χ0n) is 34.3. The molecule has 0 saturated heterocycles. The van der Waals surface area contributed by atoms with E-state index in [4.69, 9.17) is 0 Å². The van der Waals surface area contributed by atoms with E-state index < -0.39 is 19.7 Å². The van der Waals surface area contributed by atoms with Gasteiger partial charge in [0, 0.05) is 97.5 Å². The van der Waals surface area contributed by atoms with Crippen molar-refractivity contribution in [3.63, 3.8) is 0 Å². The van der Waals surface area contributed by atoms with Gasteiger partial charge in [0.25, 0.3) is 0 Å². The van der Waals surface area contributed by atoms with Gasteiger partial charge in [-0.25, -0.2) is 21.5 Å². The summed E-state index contributed by atoms with van der Waals surface area (Å²) in [7, 11) is -5.00. The Morgan fingerprint density at radius 2 is 1.11 bits per heavy atom. The Hall–Kier alpha value is -7.70. The number of nitrogens with one attached hydrogen (secondary N) is 2. The van der Waals surface area contributed by atoms with E-state index >= 15 is 0 Å². The first kappa shape index (κ1) is 40.7. The number of benzene rings is 4. The third-order valence-electron chi connectivity index (χ3n) is 10.4. The van der Waals surface area contributed by atoms with Crippen molar-refractivity contribution in [2.45, 2.75) is 23.3 Å². The summed E-state index contributed by atoms with van der Waals surface area (Å²) in [5.41, 5.74) is 11.6. The maximum atomic E-state index is 12.2. The molecular weight excluding hydrogens is 837 g/mol. The molecule has 0 bridgehead atoms. The van der Waals surface area contributed by atoms with Gasteiger partial charge >= 0.3 is 0 Å². The van der Waals surface area contributed by atoms with Gasteiger partial charge in [-0.1, -0.05) is 23.4 Å². The molecule has 0 aliphatic carbocycles. The van der Waals surface area contributed by atoms with E-state index in [0.717, 1.165) is 56.4 Å². The summed E-state index contributed by atoms with van der Waals surface area (Å²) in [6.45, 7) is 3.00. The topological polar surface area (TPSA) is 205 Å². The van der Waals surface area contributed by atoms with Crippen molar-refractivity contribution >= 4 is 86.4 Å². The van der Waals surface area contributed by atoms with Gasteiger partial charge in [0.05, 0.1) is 61.1 Å². The number of aromatic nitrogens is 10. The number of rotatable bonds is 9. The molecule has 4 aromatic carbocycles. The molecule has 0 saturated carbocycles. The molecule has 0 spiro atoms. The fourth-order valence-corrected chi connectivity index (χ4v) is 9.10. The van der Waals surface area contributed by atoms with E-state index in [1.54, 1.807) is 29.5 Å². The van der Waals surface area contributed by atoms with Crippen LogP contribution in [0.25, 0.3) is 66.3 Å². The van der Waals surface area contributed by atoms with Crippen LogP contribution in [0.15, 0.2) is 144 Å². The highest BCUT2D eigenvalue weighted by molar-refractivity contribution is 7.91. The quantitative estimate of drug-likeness (QED) is 0.141. The Labute approximate surface area is 361 Å². The standard InChI is InChI=1S/C24H21N5O2S.C21H17N7O2S/c1-3-29-11-7-16-4-5-17(12-22(16)29)19-13-18(14-20-24(19)27-10-9-26-20)28-21-15-25-8-6-23(21)32(2,30)31;1-28-19-4-3-13(9-16(19)26-27-28)15-10-14(11-17-21(15)24-8-7-23-17)25-18-12-22-6-5-20(18)31(2,29)30/h4-15,28H,3H2,1-2H3;3-12,25H,1-2H3. The summed E-state index contributed by atoms with van der Waals surface area (Å²) in [6.07, 6.45) is 16.9. The van der Waals surface area contributed by atoms with E-state index in [0.29, 0.717) is 33.8 Å². The minimum absolute atomic E-state index is 0.171. The molecule has 0 unspecified atom stereocenters. The lowest BCUT2D eigenvalue weighted by Gasteiger charge is -2.14. The van der Waals surface area contributed by atoms with Crippen molar-refractivity contribution in [2.75, 3.05) is 23.1 Å². The highest BCUT2D eigenvalue weighted by Gasteiger charge is 2.18. The Kier molecular flexibility index (Phi) is 10.5. The third-order valence-corrected chi connectivity index (χ3v) is 12.7. The van der Waals surface area contributed by atoms with Crippen LogP contribution in [0.3, 0.4) is 0 Å². The Morgan fingerprint density at radius 1 is 0.571 bits per heavy atom. The molecule has 10 rings (SSSR count). The van der Waals surface area contributed by atoms with Gasteiger partial charge in [-0.05, 0) is 84.1 Å². The number of nitrogens with zero attached hydrogens (tertiary/aromatic N) is 10. The van der Waals surface area contributed by atoms with Crippen LogP contribution in [0.4, 0.5) is 22.7 Å². The SMILES string of the molecule is CCn1ccc2ccc(-c3cc(Nc4cnccc4S(C)(=O)=O)cc4nccnc34)cc21.Cn1nnc2cc(-c3cc(Nc4cnccc4S(C)(=O)=O)cc4nccnc34)ccc21. The fourth-order valence-electron chi connectivity index (χ4n) is 7.48. The largest absolute Gasteiger partial charge is 0.353 e. The first-order valence-corrected chi connectivity index (χ1v) is 23.3. The van der Waals surface area contributed by atoms with E-state index in [2.05, 4.69) is 92.8 Å². The number of anilines is 4. The number of hydrogen-bond acceptors (Lipinski definition) is 14. The molecular formula is C45H38N12O4S2. The van der Waals surface area contributed by atoms with Crippen LogP contribution < -0.4 is 10.6 Å². The Bertz CT molecular complexity index is 3610. The van der Waals surface area contributed by atoms with E-state index in [-0.39, 0.29) is 9.79 Å². The van der Waals surface area contributed by atoms with Gasteiger partial charge in [-0.2, -0.15) is 0 Å². The molecule has 63 heavy (non-hydrogen) atoms. The highest BCUT2D eigenvalue weighted by atomic mass is 32.2. The number of aryl methyl sites for hydroxylation is 2. The van der Waals surface area contributed by atoms with Crippen molar-refractivity contribution in [1.29, 1.82) is 0 Å². The summed E-state index contributed by atoms with van der Waals surface area (Å²) in [5.74, 6) is 0. The van der Waals surface area contributed by atoms with Gasteiger partial charge < -0.3 is 15.2 Å². The lowest BCUT2D eigenvalue weighted by molar-refractivity contribution is 0.600. The van der Waals surface area contributed by atoms with Gasteiger partial charge in [-0.3, -0.25) is 29.9 Å². The van der Waals surface area contributed by atoms with Crippen LogP contribution in [-0.4, -0.2) is 78.8 Å². The third kappa shape index (κ3) is 8.23. The number of hydrogen-bond donors (Lipinski definition) is 2. The van der Waals surface area contributed by atoms with E-state index in [9.17, 15) is 16.8 Å². The molecule has 2 N–H and O–H groups in total. The molecule has 6 heterocycles. The molecule has 0 amide bonds. The summed E-state index contributed by atoms with van der Waals surface area (Å²) in [6, 6.07) is 24.8. The second kappa shape index (κ2) is 16.3. The summed E-state index contributed by atoms with van der Waals surface area (Å²) >= 11 is 0. The lowest BCUT2D eigenvalue weighted by atomic mass is 10.0. The minimum Gasteiger partial charge on any atom is -0.353 e. The molecule has 16 nitrogen and oxygen atoms in total. The average molecular weight is 875 g/mol. The zero-order chi connectivity index (χ0) is 43.9. The second-order valence-electron chi connectivity index (χ2n) is 14.7. The van der Waals surface area contributed by atoms with Crippen LogP contribution in [0, 0.1) is 0 Å². The maximum Gasteiger partial charge on any atom is 0.177 e. The zero-order valence-corrected chi connectivity index (χ0v) is 36.0. The van der Waals surface area contributed by atoms with Crippen molar-refractivity contribution < 1.29 is 16.8 Å². The lowest BCUT2D eigenvalue weighted by Crippen LogP contribution is -2.03. The minimum atomic E-state index is -3.43. The van der Waals surface area contributed by atoms with Gasteiger partial charge in [-0.15, -0.1) is 5.10 Å². The van der Waals surface area contributed by atoms with Gasteiger partial charge in [0.2, 0.25) is 0 Å². The van der Waals surface area contributed by atoms with Gasteiger partial charge in [0.1, 0.15) is 5.52 Å². The normalized spacial score (nSPS) is 11.8. The molecule has 0 atom stereocenters. The second-order valence-corrected chi connectivity index (χ2v) is 18.7. The maximum absolute atomic E-state index is 12.2. The first-order chi connectivity index (χ1) is 30.3. The van der Waals surface area contributed by atoms with Crippen LogP contribution in [-0.2, 0) is 33.3 Å². The molecule has 18 heteroatoms. The van der Waals surface area contributed by atoms with E-state index in [1.807, 2.05) is 49.5 Å². The van der Waals surface area contributed by atoms with Crippen LogP contribution in [0.5, 0.6) is 0 Å². The van der Waals surface area contributed by atoms with Crippen molar-refractivity contribution in [3.8, 4) is 22.3 Å². The number of sulfone groups is 2. The van der Waals surface area contributed by atoms with Gasteiger partial charge in [0.15, 0.2) is 19.7 Å². The number of fused-ring (bicyclic) bond motifs is 4. The molecule has 0 fully saturated rings. The first-order valence-electron chi connectivity index (χ1n) is 19.5. The molecule has 314 valence electrons.